The highest BCUT2D eigenvalue weighted by Crippen LogP contribution is 2.26. The van der Waals surface area contributed by atoms with E-state index in [1.165, 1.54) is 23.9 Å². The first kappa shape index (κ1) is 20.7. The average molecular weight is 409 g/mol. The lowest BCUT2D eigenvalue weighted by Crippen LogP contribution is -2.24. The summed E-state index contributed by atoms with van der Waals surface area (Å²) in [7, 11) is 0. The summed E-state index contributed by atoms with van der Waals surface area (Å²) in [6.45, 7) is 3.07. The number of nitro groups is 1. The molecule has 0 aliphatic heterocycles. The fraction of sp³-hybridized carbons (Fsp3) is 0.222. The van der Waals surface area contributed by atoms with Crippen LogP contribution in [0, 0.1) is 17.0 Å². The number of nitrogens with one attached hydrogen (secondary N) is 1. The fourth-order valence-corrected chi connectivity index (χ4v) is 3.21. The Labute approximate surface area is 165 Å². The van der Waals surface area contributed by atoms with Crippen LogP contribution < -0.4 is 5.32 Å². The molecule has 9 heteroatoms. The zero-order chi connectivity index (χ0) is 20.0. The Morgan fingerprint density at radius 2 is 1.93 bits per heavy atom. The molecule has 2 aromatic carbocycles. The van der Waals surface area contributed by atoms with Crippen LogP contribution in [0.1, 0.15) is 12.5 Å². The number of carbonyl (C=O) groups is 2. The molecule has 0 spiro atoms. The standard InChI is InChI=1S/C18H17ClN2O5S/c1-11-3-8-16(15(19)9-11)20-17(22)10-26-18(23)12(2)27-14-6-4-13(5-7-14)21(24)25/h3-9,12H,10H2,1-2H3,(H,20,22)/t12-/m0/s1. The fourth-order valence-electron chi connectivity index (χ4n) is 2.06. The van der Waals surface area contributed by atoms with E-state index in [1.807, 2.05) is 6.92 Å². The number of carbonyl (C=O) groups excluding carboxylic acids is 2. The number of benzene rings is 2. The van der Waals surface area contributed by atoms with Crippen molar-refractivity contribution < 1.29 is 19.2 Å². The van der Waals surface area contributed by atoms with Gasteiger partial charge >= 0.3 is 5.97 Å². The van der Waals surface area contributed by atoms with Crippen molar-refractivity contribution in [2.75, 3.05) is 11.9 Å². The quantitative estimate of drug-likeness (QED) is 0.319. The van der Waals surface area contributed by atoms with E-state index in [1.54, 1.807) is 37.3 Å². The average Bonchev–Trinajstić information content (AvgIpc) is 2.62. The van der Waals surface area contributed by atoms with Crippen molar-refractivity contribution in [3.63, 3.8) is 0 Å². The van der Waals surface area contributed by atoms with Gasteiger partial charge in [-0.2, -0.15) is 0 Å². The maximum Gasteiger partial charge on any atom is 0.319 e. The van der Waals surface area contributed by atoms with Crippen LogP contribution in [-0.4, -0.2) is 28.7 Å². The molecule has 1 atom stereocenters. The second-order valence-electron chi connectivity index (χ2n) is 5.65. The van der Waals surface area contributed by atoms with E-state index in [0.29, 0.717) is 15.6 Å². The lowest BCUT2D eigenvalue weighted by atomic mass is 10.2. The normalized spacial score (nSPS) is 11.5. The topological polar surface area (TPSA) is 98.5 Å². The van der Waals surface area contributed by atoms with E-state index in [4.69, 9.17) is 16.3 Å². The van der Waals surface area contributed by atoms with E-state index in [0.717, 1.165) is 5.56 Å². The number of aryl methyl sites for hydroxylation is 1. The van der Waals surface area contributed by atoms with Gasteiger partial charge < -0.3 is 10.1 Å². The zero-order valence-corrected chi connectivity index (χ0v) is 16.2. The number of thioether (sulfide) groups is 1. The highest BCUT2D eigenvalue weighted by atomic mass is 35.5. The van der Waals surface area contributed by atoms with Gasteiger partial charge in [0.1, 0.15) is 5.25 Å². The van der Waals surface area contributed by atoms with Crippen LogP contribution in [0.15, 0.2) is 47.4 Å². The van der Waals surface area contributed by atoms with Crippen LogP contribution >= 0.6 is 23.4 Å². The highest BCUT2D eigenvalue weighted by Gasteiger charge is 2.18. The molecule has 0 saturated heterocycles. The van der Waals surface area contributed by atoms with E-state index in [-0.39, 0.29) is 5.69 Å². The second-order valence-corrected chi connectivity index (χ2v) is 7.47. The van der Waals surface area contributed by atoms with Crippen molar-refractivity contribution >= 4 is 46.6 Å². The van der Waals surface area contributed by atoms with Crippen molar-refractivity contribution in [1.29, 1.82) is 0 Å². The summed E-state index contributed by atoms with van der Waals surface area (Å²) >= 11 is 7.22. The third-order valence-corrected chi connectivity index (χ3v) is 4.84. The summed E-state index contributed by atoms with van der Waals surface area (Å²) in [5, 5.41) is 13.0. The number of ether oxygens (including phenoxy) is 1. The van der Waals surface area contributed by atoms with Gasteiger partial charge in [0, 0.05) is 17.0 Å². The first-order valence-electron chi connectivity index (χ1n) is 7.90. The molecule has 2 aromatic rings. The van der Waals surface area contributed by atoms with E-state index >= 15 is 0 Å². The number of hydrogen-bond donors (Lipinski definition) is 1. The predicted octanol–water partition coefficient (Wildman–Crippen LogP) is 4.22. The second kappa shape index (κ2) is 9.38. The number of esters is 1. The minimum absolute atomic E-state index is 0.0268. The number of halogens is 1. The summed E-state index contributed by atoms with van der Waals surface area (Å²) in [6.07, 6.45) is 0. The van der Waals surface area contributed by atoms with Gasteiger partial charge in [0.05, 0.1) is 15.6 Å². The molecular formula is C18H17ClN2O5S. The van der Waals surface area contributed by atoms with Crippen LogP contribution in [0.3, 0.4) is 0 Å². The molecule has 142 valence electrons. The number of non-ortho nitro benzene ring substituents is 1. The van der Waals surface area contributed by atoms with E-state index in [2.05, 4.69) is 5.32 Å². The number of nitrogens with zero attached hydrogens (tertiary/aromatic N) is 1. The van der Waals surface area contributed by atoms with Crippen LogP contribution in [0.25, 0.3) is 0 Å². The number of rotatable bonds is 7. The molecule has 2 rings (SSSR count). The molecule has 0 fully saturated rings. The van der Waals surface area contributed by atoms with Gasteiger partial charge in [-0.3, -0.25) is 19.7 Å². The van der Waals surface area contributed by atoms with Gasteiger partial charge in [-0.25, -0.2) is 0 Å². The van der Waals surface area contributed by atoms with Crippen molar-refractivity contribution in [2.45, 2.75) is 24.0 Å². The number of nitro benzene ring substituents is 1. The molecule has 0 aliphatic rings. The summed E-state index contributed by atoms with van der Waals surface area (Å²) in [4.78, 5) is 34.8. The Bertz CT molecular complexity index is 857. The zero-order valence-electron chi connectivity index (χ0n) is 14.6. The van der Waals surface area contributed by atoms with Crippen LogP contribution in [0.2, 0.25) is 5.02 Å². The maximum absolute atomic E-state index is 12.0. The monoisotopic (exact) mass is 408 g/mol. The minimum atomic E-state index is -0.581. The van der Waals surface area contributed by atoms with Gasteiger partial charge in [0.25, 0.3) is 11.6 Å². The van der Waals surface area contributed by atoms with Crippen LogP contribution in [0.4, 0.5) is 11.4 Å². The SMILES string of the molecule is Cc1ccc(NC(=O)COC(=O)[C@H](C)Sc2ccc([N+](=O)[O-])cc2)c(Cl)c1. The molecule has 0 heterocycles. The van der Waals surface area contributed by atoms with Crippen molar-refractivity contribution in [2.24, 2.45) is 0 Å². The first-order valence-corrected chi connectivity index (χ1v) is 9.16. The Morgan fingerprint density at radius 1 is 1.26 bits per heavy atom. The Balaban J connectivity index is 1.83. The molecule has 0 bridgehead atoms. The molecule has 1 N–H and O–H groups in total. The van der Waals surface area contributed by atoms with Gasteiger partial charge in [-0.05, 0) is 43.7 Å². The van der Waals surface area contributed by atoms with Gasteiger partial charge in [0.15, 0.2) is 6.61 Å². The number of anilines is 1. The molecule has 0 unspecified atom stereocenters. The first-order chi connectivity index (χ1) is 12.8. The molecule has 0 aliphatic carbocycles. The molecular weight excluding hydrogens is 392 g/mol. The van der Waals surface area contributed by atoms with Crippen molar-refractivity contribution in [3.8, 4) is 0 Å². The summed E-state index contributed by atoms with van der Waals surface area (Å²) in [5.74, 6) is -1.06. The number of hydrogen-bond acceptors (Lipinski definition) is 6. The lowest BCUT2D eigenvalue weighted by Gasteiger charge is -2.12. The third kappa shape index (κ3) is 6.26. The molecule has 1 amide bonds. The summed E-state index contributed by atoms with van der Waals surface area (Å²) in [5.41, 5.74) is 1.37. The third-order valence-electron chi connectivity index (χ3n) is 3.44. The van der Waals surface area contributed by atoms with E-state index in [9.17, 15) is 19.7 Å². The molecule has 7 nitrogen and oxygen atoms in total. The van der Waals surface area contributed by atoms with Crippen LogP contribution in [-0.2, 0) is 14.3 Å². The van der Waals surface area contributed by atoms with Gasteiger partial charge in [0.2, 0.25) is 0 Å². The largest absolute Gasteiger partial charge is 0.455 e. The van der Waals surface area contributed by atoms with Crippen molar-refractivity contribution in [3.05, 3.63) is 63.2 Å². The highest BCUT2D eigenvalue weighted by molar-refractivity contribution is 8.00. The van der Waals surface area contributed by atoms with E-state index < -0.39 is 28.7 Å². The van der Waals surface area contributed by atoms with Crippen molar-refractivity contribution in [1.82, 2.24) is 0 Å². The summed E-state index contributed by atoms with van der Waals surface area (Å²) < 4.78 is 5.01. The minimum Gasteiger partial charge on any atom is -0.455 e. The Hall–Kier alpha value is -2.58. The predicted molar refractivity (Wildman–Crippen MR) is 104 cm³/mol. The lowest BCUT2D eigenvalue weighted by molar-refractivity contribution is -0.384. The number of amides is 1. The Kier molecular flexibility index (Phi) is 7.20. The van der Waals surface area contributed by atoms with Gasteiger partial charge in [-0.1, -0.05) is 17.7 Å². The Morgan fingerprint density at radius 3 is 2.52 bits per heavy atom. The van der Waals surface area contributed by atoms with Gasteiger partial charge in [-0.15, -0.1) is 11.8 Å². The molecule has 27 heavy (non-hydrogen) atoms. The molecule has 0 radical (unpaired) electrons. The summed E-state index contributed by atoms with van der Waals surface area (Å²) in [6, 6.07) is 11.0. The van der Waals surface area contributed by atoms with Crippen LogP contribution in [0.5, 0.6) is 0 Å². The molecule has 0 aromatic heterocycles. The molecule has 0 saturated carbocycles. The maximum atomic E-state index is 12.0. The smallest absolute Gasteiger partial charge is 0.319 e.